The predicted molar refractivity (Wildman–Crippen MR) is 96.3 cm³/mol. The lowest BCUT2D eigenvalue weighted by Crippen LogP contribution is -2.46. The quantitative estimate of drug-likeness (QED) is 0.921. The Morgan fingerprint density at radius 3 is 2.71 bits per heavy atom. The fraction of sp³-hybridized carbons (Fsp3) is 0.650. The first kappa shape index (κ1) is 17.3. The number of carbonyl (C=O) groups excluding carboxylic acids is 1. The fourth-order valence-electron chi connectivity index (χ4n) is 3.74. The molecule has 1 saturated carbocycles. The van der Waals surface area contributed by atoms with E-state index in [1.54, 1.807) is 6.07 Å². The summed E-state index contributed by atoms with van der Waals surface area (Å²) in [5.74, 6) is 1.48. The molecular weight excluding hydrogens is 300 g/mol. The summed E-state index contributed by atoms with van der Waals surface area (Å²) in [4.78, 5) is 17.5. The average Bonchev–Trinajstić information content (AvgIpc) is 3.37. The standard InChI is InChI=1S/C20H30N2O2/c1-14(2)18-13-22(11-5-10-21(18)12-16-8-9-16)20(24)17-7-4-6-15(3)19(17)23/h4,6-7,14,16,18,23H,5,8-13H2,1-3H3. The number of rotatable bonds is 4. The number of benzene rings is 1. The van der Waals surface area contributed by atoms with Crippen LogP contribution in [-0.4, -0.2) is 53.0 Å². The van der Waals surface area contributed by atoms with Crippen LogP contribution in [-0.2, 0) is 0 Å². The van der Waals surface area contributed by atoms with Crippen LogP contribution in [0.25, 0.3) is 0 Å². The summed E-state index contributed by atoms with van der Waals surface area (Å²) in [6.07, 6.45) is 3.73. The number of hydrogen-bond donors (Lipinski definition) is 1. The molecule has 1 saturated heterocycles. The Balaban J connectivity index is 1.77. The highest BCUT2D eigenvalue weighted by Gasteiger charge is 2.33. The molecule has 3 rings (SSSR count). The van der Waals surface area contributed by atoms with E-state index in [-0.39, 0.29) is 11.7 Å². The minimum absolute atomic E-state index is 0.0323. The van der Waals surface area contributed by atoms with E-state index in [1.165, 1.54) is 19.4 Å². The van der Waals surface area contributed by atoms with Crippen molar-refractivity contribution in [1.29, 1.82) is 0 Å². The molecule has 24 heavy (non-hydrogen) atoms. The van der Waals surface area contributed by atoms with E-state index in [0.717, 1.165) is 37.5 Å². The third-order valence-electron chi connectivity index (χ3n) is 5.46. The van der Waals surface area contributed by atoms with E-state index < -0.39 is 0 Å². The van der Waals surface area contributed by atoms with Gasteiger partial charge in [-0.3, -0.25) is 9.69 Å². The van der Waals surface area contributed by atoms with Crippen molar-refractivity contribution in [1.82, 2.24) is 9.80 Å². The molecule has 0 radical (unpaired) electrons. The van der Waals surface area contributed by atoms with Gasteiger partial charge in [0.05, 0.1) is 5.56 Å². The highest BCUT2D eigenvalue weighted by molar-refractivity contribution is 5.97. The van der Waals surface area contributed by atoms with Crippen molar-refractivity contribution in [3.8, 4) is 5.75 Å². The maximum atomic E-state index is 13.0. The average molecular weight is 330 g/mol. The first-order valence-electron chi connectivity index (χ1n) is 9.29. The zero-order valence-electron chi connectivity index (χ0n) is 15.2. The van der Waals surface area contributed by atoms with E-state index in [9.17, 15) is 9.90 Å². The van der Waals surface area contributed by atoms with E-state index >= 15 is 0 Å². The maximum Gasteiger partial charge on any atom is 0.257 e. The molecule has 2 fully saturated rings. The number of para-hydroxylation sites is 1. The molecule has 1 aliphatic heterocycles. The normalized spacial score (nSPS) is 22.7. The molecule has 132 valence electrons. The number of amides is 1. The number of phenols is 1. The molecule has 1 amide bonds. The van der Waals surface area contributed by atoms with Crippen LogP contribution in [0.3, 0.4) is 0 Å². The van der Waals surface area contributed by atoms with E-state index in [1.807, 2.05) is 24.0 Å². The third-order valence-corrected chi connectivity index (χ3v) is 5.46. The fourth-order valence-corrected chi connectivity index (χ4v) is 3.74. The summed E-state index contributed by atoms with van der Waals surface area (Å²) >= 11 is 0. The monoisotopic (exact) mass is 330 g/mol. The van der Waals surface area contributed by atoms with Crippen molar-refractivity contribution in [3.05, 3.63) is 29.3 Å². The van der Waals surface area contributed by atoms with Gasteiger partial charge in [0.15, 0.2) is 0 Å². The highest BCUT2D eigenvalue weighted by Crippen LogP contribution is 2.32. The van der Waals surface area contributed by atoms with Gasteiger partial charge in [-0.05, 0) is 49.7 Å². The van der Waals surface area contributed by atoms with Gasteiger partial charge in [0.1, 0.15) is 5.75 Å². The lowest BCUT2D eigenvalue weighted by molar-refractivity contribution is 0.0701. The molecule has 2 aliphatic rings. The van der Waals surface area contributed by atoms with E-state index in [2.05, 4.69) is 18.7 Å². The van der Waals surface area contributed by atoms with Crippen LogP contribution in [0.4, 0.5) is 0 Å². The topological polar surface area (TPSA) is 43.8 Å². The summed E-state index contributed by atoms with van der Waals surface area (Å²) in [6.45, 7) is 10.1. The molecule has 0 bridgehead atoms. The van der Waals surface area contributed by atoms with Gasteiger partial charge in [0.2, 0.25) is 0 Å². The van der Waals surface area contributed by atoms with Gasteiger partial charge < -0.3 is 10.0 Å². The zero-order chi connectivity index (χ0) is 17.3. The van der Waals surface area contributed by atoms with Crippen molar-refractivity contribution >= 4 is 5.91 Å². The van der Waals surface area contributed by atoms with Crippen LogP contribution in [0.1, 0.15) is 49.0 Å². The molecule has 4 nitrogen and oxygen atoms in total. The largest absolute Gasteiger partial charge is 0.507 e. The van der Waals surface area contributed by atoms with Crippen LogP contribution in [0.5, 0.6) is 5.75 Å². The Bertz CT molecular complexity index is 595. The molecule has 0 spiro atoms. The second-order valence-electron chi connectivity index (χ2n) is 7.83. The molecule has 1 atom stereocenters. The smallest absolute Gasteiger partial charge is 0.257 e. The second kappa shape index (κ2) is 7.14. The molecule has 1 aromatic carbocycles. The number of phenolic OH excluding ortho intramolecular Hbond substituents is 1. The summed E-state index contributed by atoms with van der Waals surface area (Å²) < 4.78 is 0. The SMILES string of the molecule is Cc1cccc(C(=O)N2CCCN(CC3CC3)C(C(C)C)C2)c1O. The van der Waals surface area contributed by atoms with Gasteiger partial charge >= 0.3 is 0 Å². The number of nitrogens with zero attached hydrogens (tertiary/aromatic N) is 2. The number of carbonyl (C=O) groups is 1. The number of aromatic hydroxyl groups is 1. The van der Waals surface area contributed by atoms with Crippen LogP contribution >= 0.6 is 0 Å². The third kappa shape index (κ3) is 3.75. The van der Waals surface area contributed by atoms with Crippen LogP contribution in [0.2, 0.25) is 0 Å². The van der Waals surface area contributed by atoms with Gasteiger partial charge in [-0.1, -0.05) is 26.0 Å². The van der Waals surface area contributed by atoms with Gasteiger partial charge in [-0.25, -0.2) is 0 Å². The summed E-state index contributed by atoms with van der Waals surface area (Å²) in [6, 6.07) is 5.83. The molecule has 1 aliphatic carbocycles. The Labute approximate surface area is 145 Å². The Hall–Kier alpha value is -1.55. The van der Waals surface area contributed by atoms with Crippen molar-refractivity contribution in [2.75, 3.05) is 26.2 Å². The minimum Gasteiger partial charge on any atom is -0.507 e. The first-order valence-corrected chi connectivity index (χ1v) is 9.29. The summed E-state index contributed by atoms with van der Waals surface area (Å²) in [5.41, 5.74) is 1.19. The highest BCUT2D eigenvalue weighted by atomic mass is 16.3. The van der Waals surface area contributed by atoms with Gasteiger partial charge in [0, 0.05) is 32.2 Å². The van der Waals surface area contributed by atoms with Gasteiger partial charge in [-0.15, -0.1) is 0 Å². The molecule has 1 unspecified atom stereocenters. The molecular formula is C20H30N2O2. The maximum absolute atomic E-state index is 13.0. The van der Waals surface area contributed by atoms with Crippen LogP contribution < -0.4 is 0 Å². The van der Waals surface area contributed by atoms with Crippen molar-refractivity contribution in [2.45, 2.75) is 46.1 Å². The summed E-state index contributed by atoms with van der Waals surface area (Å²) in [7, 11) is 0. The van der Waals surface area contributed by atoms with Gasteiger partial charge in [-0.2, -0.15) is 0 Å². The lowest BCUT2D eigenvalue weighted by atomic mass is 10.0. The molecule has 1 N–H and O–H groups in total. The Morgan fingerprint density at radius 2 is 2.04 bits per heavy atom. The predicted octanol–water partition coefficient (Wildman–Crippen LogP) is 3.28. The Morgan fingerprint density at radius 1 is 1.29 bits per heavy atom. The van der Waals surface area contributed by atoms with Crippen molar-refractivity contribution in [2.24, 2.45) is 11.8 Å². The first-order chi connectivity index (χ1) is 11.5. The summed E-state index contributed by atoms with van der Waals surface area (Å²) in [5, 5.41) is 10.3. The molecule has 0 aromatic heterocycles. The van der Waals surface area contributed by atoms with E-state index in [4.69, 9.17) is 0 Å². The van der Waals surface area contributed by atoms with Gasteiger partial charge in [0.25, 0.3) is 5.91 Å². The second-order valence-corrected chi connectivity index (χ2v) is 7.83. The lowest BCUT2D eigenvalue weighted by Gasteiger charge is -2.34. The number of aryl methyl sites for hydroxylation is 1. The van der Waals surface area contributed by atoms with Crippen molar-refractivity contribution in [3.63, 3.8) is 0 Å². The molecule has 4 heteroatoms. The zero-order valence-corrected chi connectivity index (χ0v) is 15.2. The molecule has 1 heterocycles. The van der Waals surface area contributed by atoms with E-state index in [0.29, 0.717) is 17.5 Å². The van der Waals surface area contributed by atoms with Crippen LogP contribution in [0, 0.1) is 18.8 Å². The number of hydrogen-bond acceptors (Lipinski definition) is 3. The van der Waals surface area contributed by atoms with Crippen LogP contribution in [0.15, 0.2) is 18.2 Å². The minimum atomic E-state index is -0.0323. The Kier molecular flexibility index (Phi) is 5.14. The van der Waals surface area contributed by atoms with Crippen molar-refractivity contribution < 1.29 is 9.90 Å². The molecule has 1 aromatic rings.